The third-order valence-corrected chi connectivity index (χ3v) is 5.20. The highest BCUT2D eigenvalue weighted by Crippen LogP contribution is 2.25. The van der Waals surface area contributed by atoms with Crippen molar-refractivity contribution in [2.75, 3.05) is 52.4 Å². The number of likely N-dealkylation sites (N-methyl/N-ethyl adjacent to an activating group) is 1. The van der Waals surface area contributed by atoms with Crippen molar-refractivity contribution in [1.82, 2.24) is 15.1 Å². The summed E-state index contributed by atoms with van der Waals surface area (Å²) in [6, 6.07) is 9.31. The highest BCUT2D eigenvalue weighted by molar-refractivity contribution is 5.29. The van der Waals surface area contributed by atoms with Crippen LogP contribution in [0.25, 0.3) is 0 Å². The van der Waals surface area contributed by atoms with Gasteiger partial charge in [-0.1, -0.05) is 45.7 Å². The zero-order chi connectivity index (χ0) is 17.9. The van der Waals surface area contributed by atoms with Crippen LogP contribution in [-0.2, 0) is 0 Å². The Bertz CT molecular complexity index is 453. The molecule has 1 atom stereocenters. The summed E-state index contributed by atoms with van der Waals surface area (Å²) in [5.74, 6) is 1.00. The average Bonchev–Trinajstić information content (AvgIpc) is 2.68. The fraction of sp³-hybridized carbons (Fsp3) is 0.714. The molecule has 1 fully saturated rings. The number of ether oxygens (including phenoxy) is 1. The Morgan fingerprint density at radius 2 is 1.72 bits per heavy atom. The Hall–Kier alpha value is -1.10. The van der Waals surface area contributed by atoms with E-state index in [2.05, 4.69) is 60.2 Å². The van der Waals surface area contributed by atoms with Crippen LogP contribution >= 0.6 is 0 Å². The van der Waals surface area contributed by atoms with E-state index in [-0.39, 0.29) is 0 Å². The first kappa shape index (κ1) is 20.2. The van der Waals surface area contributed by atoms with Gasteiger partial charge in [0.1, 0.15) is 5.75 Å². The van der Waals surface area contributed by atoms with Gasteiger partial charge >= 0.3 is 0 Å². The number of hydrogen-bond donors (Lipinski definition) is 1. The topological polar surface area (TPSA) is 27.7 Å². The second-order valence-corrected chi connectivity index (χ2v) is 6.91. The second-order valence-electron chi connectivity index (χ2n) is 6.91. The van der Waals surface area contributed by atoms with Gasteiger partial charge in [-0.25, -0.2) is 0 Å². The molecule has 0 amide bonds. The van der Waals surface area contributed by atoms with Crippen LogP contribution in [0.1, 0.15) is 51.6 Å². The summed E-state index contributed by atoms with van der Waals surface area (Å²) in [4.78, 5) is 5.16. The molecule has 0 bridgehead atoms. The standard InChI is InChI=1S/C21H37N3O/c1-4-7-8-17-25-20-11-9-19(10-12-20)21(18-23(5-2)6-3)24-15-13-22-14-16-24/h9-12,21-22H,4-8,13-18H2,1-3H3. The van der Waals surface area contributed by atoms with Crippen LogP contribution in [0, 0.1) is 0 Å². The van der Waals surface area contributed by atoms with Crippen LogP contribution in [-0.4, -0.2) is 62.2 Å². The number of nitrogens with one attached hydrogen (secondary N) is 1. The maximum absolute atomic E-state index is 5.88. The van der Waals surface area contributed by atoms with Gasteiger partial charge in [0.05, 0.1) is 6.61 Å². The van der Waals surface area contributed by atoms with Gasteiger partial charge in [0.25, 0.3) is 0 Å². The van der Waals surface area contributed by atoms with Crippen molar-refractivity contribution in [3.8, 4) is 5.75 Å². The summed E-state index contributed by atoms with van der Waals surface area (Å²) < 4.78 is 5.88. The van der Waals surface area contributed by atoms with E-state index >= 15 is 0 Å². The predicted octanol–water partition coefficient (Wildman–Crippen LogP) is 3.54. The molecule has 1 aliphatic heterocycles. The zero-order valence-corrected chi connectivity index (χ0v) is 16.5. The van der Waals surface area contributed by atoms with E-state index in [9.17, 15) is 0 Å². The predicted molar refractivity (Wildman–Crippen MR) is 106 cm³/mol. The Morgan fingerprint density at radius 3 is 2.32 bits per heavy atom. The molecule has 0 radical (unpaired) electrons. The van der Waals surface area contributed by atoms with Crippen LogP contribution in [0.4, 0.5) is 0 Å². The first-order valence-electron chi connectivity index (χ1n) is 10.2. The van der Waals surface area contributed by atoms with Crippen LogP contribution in [0.3, 0.4) is 0 Å². The normalized spacial score (nSPS) is 17.0. The van der Waals surface area contributed by atoms with Crippen molar-refractivity contribution in [3.05, 3.63) is 29.8 Å². The molecule has 1 heterocycles. The van der Waals surface area contributed by atoms with Gasteiger partial charge in [-0.05, 0) is 37.2 Å². The fourth-order valence-electron chi connectivity index (χ4n) is 3.48. The van der Waals surface area contributed by atoms with Gasteiger partial charge in [0.2, 0.25) is 0 Å². The van der Waals surface area contributed by atoms with E-state index in [0.29, 0.717) is 6.04 Å². The highest BCUT2D eigenvalue weighted by Gasteiger charge is 2.23. The maximum Gasteiger partial charge on any atom is 0.119 e. The molecule has 4 heteroatoms. The number of unbranched alkanes of at least 4 members (excludes halogenated alkanes) is 2. The summed E-state index contributed by atoms with van der Waals surface area (Å²) in [5.41, 5.74) is 1.41. The number of nitrogens with zero attached hydrogens (tertiary/aromatic N) is 2. The number of benzene rings is 1. The lowest BCUT2D eigenvalue weighted by Gasteiger charge is -2.37. The molecule has 1 unspecified atom stereocenters. The van der Waals surface area contributed by atoms with Crippen molar-refractivity contribution < 1.29 is 4.74 Å². The van der Waals surface area contributed by atoms with Gasteiger partial charge in [-0.3, -0.25) is 4.90 Å². The third kappa shape index (κ3) is 6.61. The average molecular weight is 348 g/mol. The van der Waals surface area contributed by atoms with Crippen LogP contribution in [0.2, 0.25) is 0 Å². The molecule has 1 aliphatic rings. The molecule has 1 saturated heterocycles. The first-order chi connectivity index (χ1) is 12.3. The first-order valence-corrected chi connectivity index (χ1v) is 10.2. The lowest BCUT2D eigenvalue weighted by molar-refractivity contribution is 0.129. The van der Waals surface area contributed by atoms with Crippen LogP contribution in [0.15, 0.2) is 24.3 Å². The molecule has 2 rings (SSSR count). The van der Waals surface area contributed by atoms with Crippen molar-refractivity contribution in [1.29, 1.82) is 0 Å². The molecule has 1 N–H and O–H groups in total. The van der Waals surface area contributed by atoms with Crippen molar-refractivity contribution >= 4 is 0 Å². The number of piperazine rings is 1. The number of hydrogen-bond acceptors (Lipinski definition) is 4. The zero-order valence-electron chi connectivity index (χ0n) is 16.5. The quantitative estimate of drug-likeness (QED) is 0.620. The van der Waals surface area contributed by atoms with Gasteiger partial charge < -0.3 is 15.0 Å². The van der Waals surface area contributed by atoms with Crippen molar-refractivity contribution in [3.63, 3.8) is 0 Å². The minimum Gasteiger partial charge on any atom is -0.494 e. The van der Waals surface area contributed by atoms with Gasteiger partial charge in [-0.2, -0.15) is 0 Å². The van der Waals surface area contributed by atoms with E-state index in [4.69, 9.17) is 4.74 Å². The molecule has 0 spiro atoms. The minimum atomic E-state index is 0.469. The van der Waals surface area contributed by atoms with Gasteiger partial charge in [0, 0.05) is 38.8 Å². The summed E-state index contributed by atoms with van der Waals surface area (Å²) in [5, 5.41) is 3.47. The molecule has 1 aromatic carbocycles. The Balaban J connectivity index is 2.02. The Morgan fingerprint density at radius 1 is 1.04 bits per heavy atom. The van der Waals surface area contributed by atoms with Gasteiger partial charge in [-0.15, -0.1) is 0 Å². The maximum atomic E-state index is 5.88. The molecule has 0 aliphatic carbocycles. The van der Waals surface area contributed by atoms with Crippen molar-refractivity contribution in [2.24, 2.45) is 0 Å². The third-order valence-electron chi connectivity index (χ3n) is 5.20. The van der Waals surface area contributed by atoms with E-state index in [1.165, 1.54) is 18.4 Å². The van der Waals surface area contributed by atoms with Crippen LogP contribution in [0.5, 0.6) is 5.75 Å². The lowest BCUT2D eigenvalue weighted by atomic mass is 10.0. The lowest BCUT2D eigenvalue weighted by Crippen LogP contribution is -2.48. The van der Waals surface area contributed by atoms with E-state index in [0.717, 1.165) is 64.6 Å². The monoisotopic (exact) mass is 347 g/mol. The Kier molecular flexibility index (Phi) is 9.30. The molecule has 0 saturated carbocycles. The smallest absolute Gasteiger partial charge is 0.119 e. The molecule has 4 nitrogen and oxygen atoms in total. The molecule has 25 heavy (non-hydrogen) atoms. The van der Waals surface area contributed by atoms with E-state index in [1.807, 2.05) is 0 Å². The molecular formula is C21H37N3O. The van der Waals surface area contributed by atoms with Gasteiger partial charge in [0.15, 0.2) is 0 Å². The molecule has 1 aromatic rings. The molecule has 0 aromatic heterocycles. The summed E-state index contributed by atoms with van der Waals surface area (Å²) in [7, 11) is 0. The van der Waals surface area contributed by atoms with E-state index < -0.39 is 0 Å². The fourth-order valence-corrected chi connectivity index (χ4v) is 3.48. The largest absolute Gasteiger partial charge is 0.494 e. The molecule has 142 valence electrons. The minimum absolute atomic E-state index is 0.469. The number of rotatable bonds is 11. The highest BCUT2D eigenvalue weighted by atomic mass is 16.5. The Labute approximate surface area is 154 Å². The SMILES string of the molecule is CCCCCOc1ccc(C(CN(CC)CC)N2CCNCC2)cc1. The second kappa shape index (κ2) is 11.5. The summed E-state index contributed by atoms with van der Waals surface area (Å²) in [6.07, 6.45) is 3.62. The van der Waals surface area contributed by atoms with Crippen molar-refractivity contribution in [2.45, 2.75) is 46.1 Å². The van der Waals surface area contributed by atoms with E-state index in [1.54, 1.807) is 0 Å². The van der Waals surface area contributed by atoms with Crippen LogP contribution < -0.4 is 10.1 Å². The summed E-state index contributed by atoms with van der Waals surface area (Å²) in [6.45, 7) is 15.3. The summed E-state index contributed by atoms with van der Waals surface area (Å²) >= 11 is 0. The molecular weight excluding hydrogens is 310 g/mol.